The molecule has 0 radical (unpaired) electrons. The molecule has 2 aromatic carbocycles. The second-order valence-corrected chi connectivity index (χ2v) is 13.0. The summed E-state index contributed by atoms with van der Waals surface area (Å²) in [6.07, 6.45) is 2.67. The molecular formula is C23H28N4O2Si. The molecular weight excluding hydrogens is 392 g/mol. The molecule has 7 heteroatoms. The lowest BCUT2D eigenvalue weighted by atomic mass is 10.0. The standard InChI is InChI=1S/C23H28N4O2Si/c1-4-14-30(2,3)21-12-10-19(11-13-21)22(25-26-24)23(28)27-17-29-16-20(27)15-18-8-6-5-7-9-18/h4-13,20,22H,1,14-17H2,2-3H3. The Morgan fingerprint density at radius 2 is 2.00 bits per heavy atom. The maximum Gasteiger partial charge on any atom is 0.238 e. The van der Waals surface area contributed by atoms with E-state index in [4.69, 9.17) is 10.3 Å². The lowest BCUT2D eigenvalue weighted by molar-refractivity contribution is -0.134. The SMILES string of the molecule is C=CC[Si](C)(C)c1ccc(C(N=[N+]=[N-])C(=O)N2COCC2Cc2ccccc2)cc1. The largest absolute Gasteiger partial charge is 0.359 e. The first-order chi connectivity index (χ1) is 14.5. The van der Waals surface area contributed by atoms with E-state index in [1.165, 1.54) is 5.19 Å². The van der Waals surface area contributed by atoms with E-state index in [9.17, 15) is 4.79 Å². The van der Waals surface area contributed by atoms with Crippen molar-refractivity contribution in [2.75, 3.05) is 13.3 Å². The molecule has 0 N–H and O–H groups in total. The third-order valence-electron chi connectivity index (χ3n) is 5.64. The molecule has 2 atom stereocenters. The molecule has 0 aromatic heterocycles. The van der Waals surface area contributed by atoms with Gasteiger partial charge in [-0.15, -0.1) is 6.58 Å². The Balaban J connectivity index is 1.80. The molecule has 1 heterocycles. The first kappa shape index (κ1) is 21.8. The number of carbonyl (C=O) groups is 1. The maximum atomic E-state index is 13.3. The van der Waals surface area contributed by atoms with Gasteiger partial charge in [-0.3, -0.25) is 4.79 Å². The van der Waals surface area contributed by atoms with Crippen LogP contribution in [0.15, 0.2) is 72.4 Å². The highest BCUT2D eigenvalue weighted by molar-refractivity contribution is 6.90. The second-order valence-electron chi connectivity index (χ2n) is 8.26. The first-order valence-corrected chi connectivity index (χ1v) is 13.3. The highest BCUT2D eigenvalue weighted by atomic mass is 28.3. The second kappa shape index (κ2) is 9.76. The Hall–Kier alpha value is -2.86. The predicted octanol–water partition coefficient (Wildman–Crippen LogP) is 4.57. The van der Waals surface area contributed by atoms with Gasteiger partial charge in [0.05, 0.1) is 20.7 Å². The van der Waals surface area contributed by atoms with Crippen molar-refractivity contribution in [3.63, 3.8) is 0 Å². The van der Waals surface area contributed by atoms with Crippen LogP contribution in [0, 0.1) is 0 Å². The molecule has 6 nitrogen and oxygen atoms in total. The fourth-order valence-corrected chi connectivity index (χ4v) is 5.87. The summed E-state index contributed by atoms with van der Waals surface area (Å²) in [4.78, 5) is 17.9. The third-order valence-corrected chi connectivity index (χ3v) is 8.85. The van der Waals surface area contributed by atoms with Crippen molar-refractivity contribution in [3.05, 3.63) is 88.8 Å². The minimum Gasteiger partial charge on any atom is -0.359 e. The Labute approximate surface area is 178 Å². The molecule has 0 spiro atoms. The van der Waals surface area contributed by atoms with Crippen LogP contribution in [0.3, 0.4) is 0 Å². The Bertz CT molecular complexity index is 924. The number of allylic oxidation sites excluding steroid dienone is 1. The van der Waals surface area contributed by atoms with Crippen molar-refractivity contribution in [3.8, 4) is 0 Å². The highest BCUT2D eigenvalue weighted by Gasteiger charge is 2.34. The molecule has 0 saturated carbocycles. The minimum absolute atomic E-state index is 0.0745. The summed E-state index contributed by atoms with van der Waals surface area (Å²) in [5.41, 5.74) is 10.9. The number of hydrogen-bond acceptors (Lipinski definition) is 3. The van der Waals surface area contributed by atoms with Crippen LogP contribution < -0.4 is 5.19 Å². The predicted molar refractivity (Wildman–Crippen MR) is 122 cm³/mol. The van der Waals surface area contributed by atoms with Gasteiger partial charge in [0, 0.05) is 4.91 Å². The van der Waals surface area contributed by atoms with Crippen LogP contribution in [0.4, 0.5) is 0 Å². The van der Waals surface area contributed by atoms with Gasteiger partial charge in [-0.25, -0.2) is 0 Å². The number of benzene rings is 2. The summed E-state index contributed by atoms with van der Waals surface area (Å²) in [5.74, 6) is -0.221. The number of hydrogen-bond donors (Lipinski definition) is 0. The molecule has 1 amide bonds. The summed E-state index contributed by atoms with van der Waals surface area (Å²) in [6, 6.07) is 18.0. The van der Waals surface area contributed by atoms with Crippen LogP contribution in [0.25, 0.3) is 10.4 Å². The molecule has 0 bridgehead atoms. The van der Waals surface area contributed by atoms with E-state index in [1.54, 1.807) is 4.90 Å². The van der Waals surface area contributed by atoms with Crippen molar-refractivity contribution in [2.24, 2.45) is 5.11 Å². The number of ether oxygens (including phenoxy) is 1. The van der Waals surface area contributed by atoms with Crippen LogP contribution in [-0.4, -0.2) is 38.3 Å². The number of rotatable bonds is 8. The van der Waals surface area contributed by atoms with Crippen LogP contribution in [0.2, 0.25) is 19.1 Å². The summed E-state index contributed by atoms with van der Waals surface area (Å²) < 4.78 is 5.58. The van der Waals surface area contributed by atoms with Crippen molar-refractivity contribution in [2.45, 2.75) is 37.6 Å². The van der Waals surface area contributed by atoms with E-state index in [-0.39, 0.29) is 18.7 Å². The van der Waals surface area contributed by atoms with E-state index in [1.807, 2.05) is 48.5 Å². The van der Waals surface area contributed by atoms with Gasteiger partial charge in [0.2, 0.25) is 5.91 Å². The molecule has 156 valence electrons. The molecule has 3 rings (SSSR count). The van der Waals surface area contributed by atoms with Gasteiger partial charge in [0.15, 0.2) is 0 Å². The van der Waals surface area contributed by atoms with Gasteiger partial charge in [0.25, 0.3) is 0 Å². The fraction of sp³-hybridized carbons (Fsp3) is 0.348. The monoisotopic (exact) mass is 420 g/mol. The van der Waals surface area contributed by atoms with Gasteiger partial charge in [-0.05, 0) is 29.1 Å². The van der Waals surface area contributed by atoms with Crippen molar-refractivity contribution in [1.29, 1.82) is 0 Å². The van der Waals surface area contributed by atoms with Crippen LogP contribution in [0.1, 0.15) is 17.2 Å². The van der Waals surface area contributed by atoms with Gasteiger partial charge in [-0.2, -0.15) is 0 Å². The average molecular weight is 421 g/mol. The normalized spacial score (nSPS) is 17.3. The van der Waals surface area contributed by atoms with E-state index < -0.39 is 14.1 Å². The average Bonchev–Trinajstić information content (AvgIpc) is 3.20. The minimum atomic E-state index is -1.60. The zero-order valence-corrected chi connectivity index (χ0v) is 18.6. The Morgan fingerprint density at radius 1 is 1.30 bits per heavy atom. The Kier molecular flexibility index (Phi) is 7.10. The fourth-order valence-electron chi connectivity index (χ4n) is 3.84. The summed E-state index contributed by atoms with van der Waals surface area (Å²) >= 11 is 0. The lowest BCUT2D eigenvalue weighted by Gasteiger charge is -2.26. The maximum absolute atomic E-state index is 13.3. The Morgan fingerprint density at radius 3 is 2.63 bits per heavy atom. The van der Waals surface area contributed by atoms with E-state index >= 15 is 0 Å². The van der Waals surface area contributed by atoms with Gasteiger partial charge in [0.1, 0.15) is 12.8 Å². The van der Waals surface area contributed by atoms with Crippen LogP contribution in [0.5, 0.6) is 0 Å². The molecule has 2 unspecified atom stereocenters. The van der Waals surface area contributed by atoms with E-state index in [0.29, 0.717) is 18.6 Å². The van der Waals surface area contributed by atoms with Gasteiger partial charge < -0.3 is 9.64 Å². The number of nitrogens with zero attached hydrogens (tertiary/aromatic N) is 4. The highest BCUT2D eigenvalue weighted by Crippen LogP contribution is 2.25. The number of amides is 1. The van der Waals surface area contributed by atoms with Crippen LogP contribution >= 0.6 is 0 Å². The number of carbonyl (C=O) groups excluding carboxylic acids is 1. The van der Waals surface area contributed by atoms with Crippen LogP contribution in [-0.2, 0) is 16.0 Å². The zero-order valence-electron chi connectivity index (χ0n) is 17.6. The molecule has 1 fully saturated rings. The molecule has 2 aromatic rings. The molecule has 1 saturated heterocycles. The van der Waals surface area contributed by atoms with Gasteiger partial charge in [-0.1, -0.05) is 84.1 Å². The van der Waals surface area contributed by atoms with Crippen molar-refractivity contribution >= 4 is 19.2 Å². The van der Waals surface area contributed by atoms with Crippen molar-refractivity contribution in [1.82, 2.24) is 4.90 Å². The number of azide groups is 1. The van der Waals surface area contributed by atoms with E-state index in [2.05, 4.69) is 41.8 Å². The molecule has 0 aliphatic carbocycles. The summed E-state index contributed by atoms with van der Waals surface area (Å²) in [6.45, 7) is 9.13. The first-order valence-electron chi connectivity index (χ1n) is 10.1. The molecule has 1 aliphatic heterocycles. The topological polar surface area (TPSA) is 78.3 Å². The molecule has 30 heavy (non-hydrogen) atoms. The quantitative estimate of drug-likeness (QED) is 0.206. The third kappa shape index (κ3) is 5.00. The summed E-state index contributed by atoms with van der Waals surface area (Å²) in [7, 11) is -1.60. The van der Waals surface area contributed by atoms with E-state index in [0.717, 1.165) is 11.6 Å². The summed E-state index contributed by atoms with van der Waals surface area (Å²) in [5, 5.41) is 5.12. The van der Waals surface area contributed by atoms with Crippen molar-refractivity contribution < 1.29 is 9.53 Å². The molecule has 1 aliphatic rings. The zero-order chi connectivity index (χ0) is 21.6. The van der Waals surface area contributed by atoms with Gasteiger partial charge >= 0.3 is 0 Å². The smallest absolute Gasteiger partial charge is 0.238 e. The lowest BCUT2D eigenvalue weighted by Crippen LogP contribution is -2.41.